The van der Waals surface area contributed by atoms with Crippen molar-refractivity contribution in [3.05, 3.63) is 77.9 Å². The van der Waals surface area contributed by atoms with Crippen LogP contribution in [0.1, 0.15) is 15.2 Å². The summed E-state index contributed by atoms with van der Waals surface area (Å²) in [7, 11) is 2.10. The van der Waals surface area contributed by atoms with Crippen molar-refractivity contribution in [1.82, 2.24) is 0 Å². The van der Waals surface area contributed by atoms with Crippen molar-refractivity contribution in [2.24, 2.45) is 7.05 Å². The fourth-order valence-corrected chi connectivity index (χ4v) is 5.08. The molecule has 0 saturated carbocycles. The first kappa shape index (κ1) is 12.6. The molecule has 0 aliphatic rings. The van der Waals surface area contributed by atoms with E-state index in [0.717, 1.165) is 16.8 Å². The topological polar surface area (TPSA) is 3.88 Å². The molecule has 0 amide bonds. The van der Waals surface area contributed by atoms with E-state index in [1.165, 1.54) is 31.1 Å². The van der Waals surface area contributed by atoms with Gasteiger partial charge in [-0.3, -0.25) is 0 Å². The molecule has 0 bridgehead atoms. The van der Waals surface area contributed by atoms with Gasteiger partial charge in [0.15, 0.2) is 0 Å². The molecule has 126 valence electrons. The predicted molar refractivity (Wildman–Crippen MR) is 113 cm³/mol. The van der Waals surface area contributed by atoms with E-state index in [1.807, 2.05) is 24.3 Å². The molecule has 5 aromatic rings. The summed E-state index contributed by atoms with van der Waals surface area (Å²) in [5, 5.41) is 3.78. The number of benzene rings is 3. The van der Waals surface area contributed by atoms with Crippen LogP contribution < -0.4 is 4.57 Å². The molecule has 0 spiro atoms. The average Bonchev–Trinajstić information content (AvgIpc) is 3.08. The molecule has 0 fully saturated rings. The van der Waals surface area contributed by atoms with E-state index in [1.54, 1.807) is 12.1 Å². The fraction of sp³-hybridized carbons (Fsp3) is 0.125. The maximum atomic E-state index is 7.67. The molecule has 0 radical (unpaired) electrons. The van der Waals surface area contributed by atoms with E-state index in [-0.39, 0.29) is 0 Å². The van der Waals surface area contributed by atoms with Crippen molar-refractivity contribution in [2.75, 3.05) is 0 Å². The number of aryl methyl sites for hydroxylation is 3. The highest BCUT2D eigenvalue weighted by atomic mass is 32.1. The normalized spacial score (nSPS) is 13.8. The molecule has 2 heterocycles. The van der Waals surface area contributed by atoms with Crippen LogP contribution in [0.5, 0.6) is 0 Å². The molecular formula is C24H20NS+. The Morgan fingerprint density at radius 3 is 2.62 bits per heavy atom. The average molecular weight is 358 g/mol. The van der Waals surface area contributed by atoms with Crippen LogP contribution in [-0.2, 0) is 7.05 Å². The monoisotopic (exact) mass is 357 g/mol. The first-order valence-corrected chi connectivity index (χ1v) is 9.51. The Labute approximate surface area is 161 Å². The summed E-state index contributed by atoms with van der Waals surface area (Å²) in [6, 6.07) is 22.7. The maximum Gasteiger partial charge on any atom is 0.232 e. The largest absolute Gasteiger partial charge is 0.232 e. The van der Waals surface area contributed by atoms with Gasteiger partial charge >= 0.3 is 0 Å². The van der Waals surface area contributed by atoms with Gasteiger partial charge in [-0.25, -0.2) is 0 Å². The lowest BCUT2D eigenvalue weighted by Gasteiger charge is -2.07. The van der Waals surface area contributed by atoms with E-state index in [2.05, 4.69) is 60.1 Å². The number of pyridine rings is 1. The van der Waals surface area contributed by atoms with Crippen LogP contribution in [0.25, 0.3) is 42.3 Å². The summed E-state index contributed by atoms with van der Waals surface area (Å²) < 4.78 is 27.8. The van der Waals surface area contributed by atoms with Gasteiger partial charge in [-0.2, -0.15) is 4.57 Å². The molecule has 0 aliphatic carbocycles. The molecule has 1 nitrogen and oxygen atoms in total. The van der Waals surface area contributed by atoms with Gasteiger partial charge in [-0.15, -0.1) is 11.3 Å². The van der Waals surface area contributed by atoms with Crippen LogP contribution in [-0.4, -0.2) is 0 Å². The number of thiophene rings is 1. The molecule has 26 heavy (non-hydrogen) atoms. The minimum atomic E-state index is -2.09. The van der Waals surface area contributed by atoms with Crippen LogP contribution >= 0.6 is 11.3 Å². The number of hydrogen-bond acceptors (Lipinski definition) is 1. The summed E-state index contributed by atoms with van der Waals surface area (Å²) >= 11 is 1.81. The van der Waals surface area contributed by atoms with Crippen molar-refractivity contribution in [3.8, 4) is 11.3 Å². The second-order valence-electron chi connectivity index (χ2n) is 6.78. The van der Waals surface area contributed by atoms with Gasteiger partial charge < -0.3 is 0 Å². The van der Waals surface area contributed by atoms with Crippen molar-refractivity contribution in [1.29, 1.82) is 0 Å². The highest BCUT2D eigenvalue weighted by Gasteiger charge is 2.21. The first-order chi connectivity index (χ1) is 13.8. The summed E-state index contributed by atoms with van der Waals surface area (Å²) in [5.41, 5.74) is 4.72. The van der Waals surface area contributed by atoms with Crippen LogP contribution in [0.4, 0.5) is 0 Å². The SMILES string of the molecule is [2H]C([2H])([2H])c1ccc(-c2ccc3sc4ccc5ccccc5c4c3[n+]2C)c(C)c1. The lowest BCUT2D eigenvalue weighted by Crippen LogP contribution is -2.31. The Hall–Kier alpha value is -2.71. The third-order valence-electron chi connectivity index (χ3n) is 5.17. The molecule has 0 aliphatic heterocycles. The number of fused-ring (bicyclic) bond motifs is 5. The van der Waals surface area contributed by atoms with E-state index >= 15 is 0 Å². The standard InChI is InChI=1S/C24H20NS/c1-15-8-10-18(16(2)14-15)20-11-13-22-24(25(20)3)23-19-7-5-4-6-17(19)9-12-21(23)26-22/h4-14H,1-3H3/q+1/i1D3. The van der Waals surface area contributed by atoms with Gasteiger partial charge in [0.1, 0.15) is 11.7 Å². The lowest BCUT2D eigenvalue weighted by molar-refractivity contribution is -0.632. The molecule has 0 atom stereocenters. The van der Waals surface area contributed by atoms with Gasteiger partial charge in [0.25, 0.3) is 0 Å². The Kier molecular flexibility index (Phi) is 2.74. The minimum absolute atomic E-state index is 0.384. The zero-order chi connectivity index (χ0) is 20.3. The second kappa shape index (κ2) is 5.65. The lowest BCUT2D eigenvalue weighted by atomic mass is 10.0. The summed E-state index contributed by atoms with van der Waals surface area (Å²) in [4.78, 5) is 0. The molecular weight excluding hydrogens is 334 g/mol. The van der Waals surface area contributed by atoms with Crippen molar-refractivity contribution in [2.45, 2.75) is 13.8 Å². The quantitative estimate of drug-likeness (QED) is 0.309. The van der Waals surface area contributed by atoms with E-state index in [4.69, 9.17) is 4.11 Å². The predicted octanol–water partition coefficient (Wildman–Crippen LogP) is 6.32. The third-order valence-corrected chi connectivity index (χ3v) is 6.28. The van der Waals surface area contributed by atoms with Gasteiger partial charge in [-0.05, 0) is 48.3 Å². The summed E-state index contributed by atoms with van der Waals surface area (Å²) in [5.74, 6) is 0. The van der Waals surface area contributed by atoms with Crippen molar-refractivity contribution < 1.29 is 8.68 Å². The molecule has 2 aromatic heterocycles. The first-order valence-electron chi connectivity index (χ1n) is 10.2. The number of rotatable bonds is 1. The third kappa shape index (κ3) is 2.19. The van der Waals surface area contributed by atoms with E-state index in [0.29, 0.717) is 5.56 Å². The molecule has 2 heteroatoms. The Morgan fingerprint density at radius 1 is 0.923 bits per heavy atom. The Morgan fingerprint density at radius 2 is 1.77 bits per heavy atom. The molecule has 0 N–H and O–H groups in total. The summed E-state index contributed by atoms with van der Waals surface area (Å²) in [6.45, 7) is -0.103. The molecule has 0 unspecified atom stereocenters. The van der Waals surface area contributed by atoms with Gasteiger partial charge in [0, 0.05) is 20.4 Å². The van der Waals surface area contributed by atoms with Crippen LogP contribution in [0, 0.1) is 13.8 Å². The highest BCUT2D eigenvalue weighted by Crippen LogP contribution is 2.37. The molecule has 5 rings (SSSR count). The highest BCUT2D eigenvalue weighted by molar-refractivity contribution is 7.25. The molecule has 3 aromatic carbocycles. The number of hydrogen-bond donors (Lipinski definition) is 0. The Bertz CT molecular complexity index is 1410. The van der Waals surface area contributed by atoms with Gasteiger partial charge in [0.2, 0.25) is 11.2 Å². The minimum Gasteiger partial charge on any atom is -0.193 e. The van der Waals surface area contributed by atoms with Crippen LogP contribution in [0.15, 0.2) is 66.7 Å². The van der Waals surface area contributed by atoms with E-state index < -0.39 is 6.85 Å². The van der Waals surface area contributed by atoms with E-state index in [9.17, 15) is 0 Å². The fourth-order valence-electron chi connectivity index (χ4n) is 3.93. The molecule has 0 saturated heterocycles. The van der Waals surface area contributed by atoms with Crippen molar-refractivity contribution >= 4 is 42.4 Å². The maximum absolute atomic E-state index is 7.67. The second-order valence-corrected chi connectivity index (χ2v) is 7.87. The van der Waals surface area contributed by atoms with Crippen LogP contribution in [0.3, 0.4) is 0 Å². The number of aromatic nitrogens is 1. The summed E-state index contributed by atoms with van der Waals surface area (Å²) in [6.07, 6.45) is 0. The zero-order valence-electron chi connectivity index (χ0n) is 17.7. The zero-order valence-corrected chi connectivity index (χ0v) is 15.5. The smallest absolute Gasteiger partial charge is 0.193 e. The van der Waals surface area contributed by atoms with Gasteiger partial charge in [0.05, 0.1) is 5.39 Å². The van der Waals surface area contributed by atoms with Crippen molar-refractivity contribution in [3.63, 3.8) is 0 Å². The van der Waals surface area contributed by atoms with Crippen LogP contribution in [0.2, 0.25) is 0 Å². The van der Waals surface area contributed by atoms with Gasteiger partial charge in [-0.1, -0.05) is 48.0 Å². The Balaban J connectivity index is 1.82. The number of nitrogens with zero attached hydrogens (tertiary/aromatic N) is 1.